The average molecular weight is 240 g/mol. The minimum atomic E-state index is -0.269. The number of nitrogens with two attached hydrogens (primary N) is 1. The summed E-state index contributed by atoms with van der Waals surface area (Å²) in [7, 11) is 0. The fourth-order valence-electron chi connectivity index (χ4n) is 1.75. The van der Waals surface area contributed by atoms with Gasteiger partial charge in [-0.15, -0.1) is 0 Å². The summed E-state index contributed by atoms with van der Waals surface area (Å²) >= 11 is 0. The van der Waals surface area contributed by atoms with E-state index in [1.54, 1.807) is 0 Å². The van der Waals surface area contributed by atoms with Gasteiger partial charge in [0.25, 0.3) is 0 Å². The Morgan fingerprint density at radius 3 is 2.17 bits per heavy atom. The molecule has 3 heteroatoms. The molecule has 2 aromatic rings. The van der Waals surface area contributed by atoms with Crippen LogP contribution in [0.1, 0.15) is 18.0 Å². The van der Waals surface area contributed by atoms with Gasteiger partial charge >= 0.3 is 0 Å². The van der Waals surface area contributed by atoms with E-state index in [9.17, 15) is 4.79 Å². The molecular formula is C15H16N2O. The first-order valence-electron chi connectivity index (χ1n) is 5.91. The smallest absolute Gasteiger partial charge is 0.226 e. The Balaban J connectivity index is 1.92. The number of hydrogen-bond donors (Lipinski definition) is 2. The van der Waals surface area contributed by atoms with E-state index in [1.165, 1.54) is 0 Å². The highest BCUT2D eigenvalue weighted by atomic mass is 16.1. The number of amides is 1. The fourth-order valence-corrected chi connectivity index (χ4v) is 1.75. The molecule has 3 N–H and O–H groups in total. The third-order valence-electron chi connectivity index (χ3n) is 2.69. The van der Waals surface area contributed by atoms with Crippen molar-refractivity contribution in [3.05, 3.63) is 66.2 Å². The molecule has 0 heterocycles. The Kier molecular flexibility index (Phi) is 4.10. The highest BCUT2D eigenvalue weighted by Gasteiger charge is 2.11. The fraction of sp³-hybridized carbons (Fsp3) is 0.133. The molecule has 1 atom stereocenters. The van der Waals surface area contributed by atoms with Crippen LogP contribution in [-0.2, 0) is 4.79 Å². The SMILES string of the molecule is NC(CC(=O)Nc1ccccc1)c1ccccc1. The van der Waals surface area contributed by atoms with Crippen molar-refractivity contribution in [2.75, 3.05) is 5.32 Å². The first-order chi connectivity index (χ1) is 8.75. The molecule has 0 saturated heterocycles. The van der Waals surface area contributed by atoms with E-state index in [1.807, 2.05) is 60.7 Å². The molecule has 0 aromatic heterocycles. The molecule has 0 spiro atoms. The van der Waals surface area contributed by atoms with Gasteiger partial charge in [0.15, 0.2) is 0 Å². The maximum Gasteiger partial charge on any atom is 0.226 e. The van der Waals surface area contributed by atoms with E-state index in [0.717, 1.165) is 11.3 Å². The number of carbonyl (C=O) groups excluding carboxylic acids is 1. The van der Waals surface area contributed by atoms with Gasteiger partial charge in [0.1, 0.15) is 0 Å². The number of hydrogen-bond acceptors (Lipinski definition) is 2. The Hall–Kier alpha value is -2.13. The molecule has 0 aliphatic carbocycles. The predicted octanol–water partition coefficient (Wildman–Crippen LogP) is 2.72. The van der Waals surface area contributed by atoms with Gasteiger partial charge in [-0.05, 0) is 17.7 Å². The highest BCUT2D eigenvalue weighted by Crippen LogP contribution is 2.14. The molecule has 18 heavy (non-hydrogen) atoms. The molecule has 2 aromatic carbocycles. The third kappa shape index (κ3) is 3.43. The number of nitrogens with one attached hydrogen (secondary N) is 1. The van der Waals surface area contributed by atoms with Crippen molar-refractivity contribution in [1.29, 1.82) is 0 Å². The number of carbonyl (C=O) groups is 1. The summed E-state index contributed by atoms with van der Waals surface area (Å²) in [6.45, 7) is 0. The Morgan fingerprint density at radius 1 is 1.00 bits per heavy atom. The van der Waals surface area contributed by atoms with Crippen LogP contribution < -0.4 is 11.1 Å². The van der Waals surface area contributed by atoms with Crippen LogP contribution in [0.4, 0.5) is 5.69 Å². The molecule has 1 amide bonds. The molecule has 0 radical (unpaired) electrons. The van der Waals surface area contributed by atoms with Crippen LogP contribution in [0.15, 0.2) is 60.7 Å². The zero-order valence-electron chi connectivity index (χ0n) is 10.0. The van der Waals surface area contributed by atoms with Crippen LogP contribution in [-0.4, -0.2) is 5.91 Å². The number of anilines is 1. The monoisotopic (exact) mass is 240 g/mol. The summed E-state index contributed by atoms with van der Waals surface area (Å²) in [4.78, 5) is 11.8. The Labute approximate surface area is 107 Å². The molecule has 3 nitrogen and oxygen atoms in total. The lowest BCUT2D eigenvalue weighted by Gasteiger charge is -2.12. The predicted molar refractivity (Wildman–Crippen MR) is 73.1 cm³/mol. The van der Waals surface area contributed by atoms with Crippen molar-refractivity contribution in [1.82, 2.24) is 0 Å². The summed E-state index contributed by atoms with van der Waals surface area (Å²) < 4.78 is 0. The molecule has 92 valence electrons. The van der Waals surface area contributed by atoms with Crippen LogP contribution >= 0.6 is 0 Å². The summed E-state index contributed by atoms with van der Waals surface area (Å²) in [6, 6.07) is 18.7. The van der Waals surface area contributed by atoms with Crippen molar-refractivity contribution in [3.63, 3.8) is 0 Å². The summed E-state index contributed by atoms with van der Waals surface area (Å²) in [5.41, 5.74) is 7.76. The maximum absolute atomic E-state index is 11.8. The molecule has 2 rings (SSSR count). The van der Waals surface area contributed by atoms with Crippen LogP contribution in [0.25, 0.3) is 0 Å². The maximum atomic E-state index is 11.8. The molecule has 0 aliphatic rings. The second-order valence-corrected chi connectivity index (χ2v) is 4.14. The van der Waals surface area contributed by atoms with Gasteiger partial charge in [-0.25, -0.2) is 0 Å². The van der Waals surface area contributed by atoms with E-state index >= 15 is 0 Å². The number of benzene rings is 2. The van der Waals surface area contributed by atoms with Gasteiger partial charge < -0.3 is 11.1 Å². The quantitative estimate of drug-likeness (QED) is 0.863. The zero-order chi connectivity index (χ0) is 12.8. The van der Waals surface area contributed by atoms with Gasteiger partial charge in [-0.2, -0.15) is 0 Å². The van der Waals surface area contributed by atoms with Gasteiger partial charge in [-0.3, -0.25) is 4.79 Å². The zero-order valence-corrected chi connectivity index (χ0v) is 10.0. The first-order valence-corrected chi connectivity index (χ1v) is 5.91. The van der Waals surface area contributed by atoms with E-state index in [0.29, 0.717) is 0 Å². The molecule has 0 aliphatic heterocycles. The number of rotatable bonds is 4. The summed E-state index contributed by atoms with van der Waals surface area (Å²) in [5.74, 6) is -0.0717. The number of para-hydroxylation sites is 1. The molecule has 0 saturated carbocycles. The average Bonchev–Trinajstić information content (AvgIpc) is 2.40. The molecule has 0 bridgehead atoms. The van der Waals surface area contributed by atoms with E-state index in [2.05, 4.69) is 5.32 Å². The van der Waals surface area contributed by atoms with Crippen molar-refractivity contribution in [2.24, 2.45) is 5.73 Å². The van der Waals surface area contributed by atoms with E-state index in [4.69, 9.17) is 5.73 Å². The molecule has 0 fully saturated rings. The third-order valence-corrected chi connectivity index (χ3v) is 2.69. The standard InChI is InChI=1S/C15H16N2O/c16-14(12-7-3-1-4-8-12)11-15(18)17-13-9-5-2-6-10-13/h1-10,14H,11,16H2,(H,17,18). The van der Waals surface area contributed by atoms with Gasteiger partial charge in [0.05, 0.1) is 0 Å². The molecular weight excluding hydrogens is 224 g/mol. The minimum Gasteiger partial charge on any atom is -0.326 e. The minimum absolute atomic E-state index is 0.0717. The normalized spacial score (nSPS) is 11.8. The lowest BCUT2D eigenvalue weighted by molar-refractivity contribution is -0.116. The Bertz CT molecular complexity index is 496. The van der Waals surface area contributed by atoms with Crippen molar-refractivity contribution in [2.45, 2.75) is 12.5 Å². The van der Waals surface area contributed by atoms with Crippen molar-refractivity contribution < 1.29 is 4.79 Å². The van der Waals surface area contributed by atoms with Gasteiger partial charge in [0.2, 0.25) is 5.91 Å². The van der Waals surface area contributed by atoms with Crippen molar-refractivity contribution in [3.8, 4) is 0 Å². The summed E-state index contributed by atoms with van der Waals surface area (Å²) in [6.07, 6.45) is 0.277. The van der Waals surface area contributed by atoms with Crippen LogP contribution in [0.3, 0.4) is 0 Å². The first kappa shape index (κ1) is 12.3. The highest BCUT2D eigenvalue weighted by molar-refractivity contribution is 5.91. The molecule has 1 unspecified atom stereocenters. The largest absolute Gasteiger partial charge is 0.326 e. The topological polar surface area (TPSA) is 55.1 Å². The Morgan fingerprint density at radius 2 is 1.56 bits per heavy atom. The van der Waals surface area contributed by atoms with E-state index in [-0.39, 0.29) is 18.4 Å². The second kappa shape index (κ2) is 5.98. The van der Waals surface area contributed by atoms with Gasteiger partial charge in [0, 0.05) is 18.2 Å². The lowest BCUT2D eigenvalue weighted by atomic mass is 10.0. The van der Waals surface area contributed by atoms with E-state index < -0.39 is 0 Å². The van der Waals surface area contributed by atoms with Crippen LogP contribution in [0, 0.1) is 0 Å². The second-order valence-electron chi connectivity index (χ2n) is 4.14. The van der Waals surface area contributed by atoms with Crippen LogP contribution in [0.2, 0.25) is 0 Å². The lowest BCUT2D eigenvalue weighted by Crippen LogP contribution is -2.20. The van der Waals surface area contributed by atoms with Gasteiger partial charge in [-0.1, -0.05) is 48.5 Å². The van der Waals surface area contributed by atoms with Crippen LogP contribution in [0.5, 0.6) is 0 Å². The summed E-state index contributed by atoms with van der Waals surface area (Å²) in [5, 5.41) is 2.82. The van der Waals surface area contributed by atoms with Crippen molar-refractivity contribution >= 4 is 11.6 Å².